The van der Waals surface area contributed by atoms with E-state index in [9.17, 15) is 14.1 Å². The monoisotopic (exact) mass is 257 g/mol. The van der Waals surface area contributed by atoms with Gasteiger partial charge in [-0.05, 0) is 6.42 Å². The van der Waals surface area contributed by atoms with Gasteiger partial charge in [0.05, 0.1) is 6.04 Å². The van der Waals surface area contributed by atoms with Crippen molar-refractivity contribution in [1.29, 1.82) is 0 Å². The first-order valence-corrected chi connectivity index (χ1v) is 5.86. The van der Waals surface area contributed by atoms with Crippen LogP contribution in [0.1, 0.15) is 32.6 Å². The van der Waals surface area contributed by atoms with Gasteiger partial charge >= 0.3 is 0 Å². The highest BCUT2D eigenvalue weighted by Crippen LogP contribution is 2.05. The van der Waals surface area contributed by atoms with Crippen LogP contribution in [-0.2, 0) is 9.59 Å². The summed E-state index contributed by atoms with van der Waals surface area (Å²) in [6.07, 6.45) is 7.03. The van der Waals surface area contributed by atoms with Crippen LogP contribution in [0.25, 0.3) is 0 Å². The lowest BCUT2D eigenvalue weighted by molar-refractivity contribution is -0.147. The lowest BCUT2D eigenvalue weighted by atomic mass is 10.1. The zero-order valence-electron chi connectivity index (χ0n) is 10.8. The predicted molar refractivity (Wildman–Crippen MR) is 66.8 cm³/mol. The average molecular weight is 257 g/mol. The molecule has 102 valence electrons. The molecule has 3 N–H and O–H groups in total. The van der Waals surface area contributed by atoms with Crippen molar-refractivity contribution < 1.29 is 14.1 Å². The van der Waals surface area contributed by atoms with Crippen molar-refractivity contribution >= 4 is 11.8 Å². The number of terminal acetylenes is 1. The number of nitrogens with one attached hydrogen (secondary N) is 1. The number of carbonyl (C=O) groups excluding carboxylic acids is 2. The van der Waals surface area contributed by atoms with Crippen LogP contribution in [0, 0.1) is 12.3 Å². The Kier molecular flexibility index (Phi) is 7.72. The van der Waals surface area contributed by atoms with Crippen LogP contribution in [0.15, 0.2) is 0 Å². The van der Waals surface area contributed by atoms with E-state index in [0.717, 1.165) is 13.5 Å². The summed E-state index contributed by atoms with van der Waals surface area (Å²) in [5, 5.41) is 2.39. The Morgan fingerprint density at radius 1 is 1.56 bits per heavy atom. The van der Waals surface area contributed by atoms with E-state index in [0.29, 0.717) is 12.8 Å². The van der Waals surface area contributed by atoms with Gasteiger partial charge in [0.25, 0.3) is 5.91 Å². The first-order valence-electron chi connectivity index (χ1n) is 5.86. The van der Waals surface area contributed by atoms with E-state index in [1.54, 1.807) is 0 Å². The van der Waals surface area contributed by atoms with Gasteiger partial charge in [0.15, 0.2) is 0 Å². The van der Waals surface area contributed by atoms with Crippen LogP contribution in [0.4, 0.5) is 4.48 Å². The first-order chi connectivity index (χ1) is 8.43. The van der Waals surface area contributed by atoms with Gasteiger partial charge < -0.3 is 11.1 Å². The van der Waals surface area contributed by atoms with Gasteiger partial charge in [-0.2, -0.15) is 5.12 Å². The maximum absolute atomic E-state index is 12.8. The molecule has 0 heterocycles. The molecule has 5 nitrogen and oxygen atoms in total. The molecule has 0 bridgehead atoms. The summed E-state index contributed by atoms with van der Waals surface area (Å²) >= 11 is 0. The third-order valence-electron chi connectivity index (χ3n) is 2.44. The lowest BCUT2D eigenvalue weighted by Gasteiger charge is -2.20. The third-order valence-corrected chi connectivity index (χ3v) is 2.44. The van der Waals surface area contributed by atoms with E-state index in [4.69, 9.17) is 12.2 Å². The van der Waals surface area contributed by atoms with Crippen molar-refractivity contribution in [2.45, 2.75) is 44.7 Å². The van der Waals surface area contributed by atoms with E-state index < -0.39 is 23.9 Å². The van der Waals surface area contributed by atoms with Crippen LogP contribution in [0.5, 0.6) is 0 Å². The van der Waals surface area contributed by atoms with Gasteiger partial charge in [0, 0.05) is 13.5 Å². The molecule has 0 saturated carbocycles. The Labute approximate surface area is 107 Å². The summed E-state index contributed by atoms with van der Waals surface area (Å²) in [4.78, 5) is 23.1. The molecule has 0 aromatic heterocycles. The molecule has 0 aliphatic carbocycles. The summed E-state index contributed by atoms with van der Waals surface area (Å²) in [7, 11) is 0.995. The summed E-state index contributed by atoms with van der Waals surface area (Å²) < 4.78 is 12.8. The van der Waals surface area contributed by atoms with Gasteiger partial charge in [-0.15, -0.1) is 12.3 Å². The van der Waals surface area contributed by atoms with Crippen molar-refractivity contribution in [2.75, 3.05) is 7.05 Å². The molecule has 0 aromatic carbocycles. The van der Waals surface area contributed by atoms with Gasteiger partial charge in [0.2, 0.25) is 5.91 Å². The number of carbonyl (C=O) groups is 2. The van der Waals surface area contributed by atoms with E-state index in [2.05, 4.69) is 11.2 Å². The van der Waals surface area contributed by atoms with Crippen LogP contribution in [0.3, 0.4) is 0 Å². The summed E-state index contributed by atoms with van der Waals surface area (Å²) in [5.41, 5.74) is 5.51. The highest BCUT2D eigenvalue weighted by atomic mass is 19.2. The Morgan fingerprint density at radius 3 is 2.61 bits per heavy atom. The number of hydrogen-bond donors (Lipinski definition) is 2. The number of likely N-dealkylation sites (N-methyl/N-ethyl adjacent to an activating group) is 1. The molecule has 0 saturated heterocycles. The molecule has 0 fully saturated rings. The normalized spacial score (nSPS) is 13.3. The molecule has 0 aliphatic heterocycles. The van der Waals surface area contributed by atoms with Crippen LogP contribution in [-0.4, -0.2) is 36.1 Å². The van der Waals surface area contributed by atoms with Gasteiger partial charge in [-0.3, -0.25) is 9.59 Å². The Bertz CT molecular complexity index is 326. The highest BCUT2D eigenvalue weighted by molar-refractivity contribution is 5.89. The van der Waals surface area contributed by atoms with Crippen molar-refractivity contribution in [3.05, 3.63) is 0 Å². The minimum atomic E-state index is -0.892. The van der Waals surface area contributed by atoms with E-state index in [1.165, 1.54) is 0 Å². The number of nitrogens with zero attached hydrogens (tertiary/aromatic N) is 1. The number of unbranched alkanes of at least 4 members (excludes halogenated alkanes) is 1. The molecular weight excluding hydrogens is 237 g/mol. The van der Waals surface area contributed by atoms with Crippen LogP contribution >= 0.6 is 0 Å². The van der Waals surface area contributed by atoms with Crippen molar-refractivity contribution in [3.8, 4) is 12.3 Å². The van der Waals surface area contributed by atoms with Crippen LogP contribution < -0.4 is 11.1 Å². The Hall–Kier alpha value is -1.61. The lowest BCUT2D eigenvalue weighted by Crippen LogP contribution is -2.50. The third kappa shape index (κ3) is 5.64. The Morgan fingerprint density at radius 2 is 2.17 bits per heavy atom. The second-order valence-electron chi connectivity index (χ2n) is 4.03. The number of hydrogen-bond acceptors (Lipinski definition) is 3. The fourth-order valence-corrected chi connectivity index (χ4v) is 1.38. The maximum atomic E-state index is 12.8. The van der Waals surface area contributed by atoms with Gasteiger partial charge in [-0.1, -0.05) is 24.2 Å². The first kappa shape index (κ1) is 16.4. The van der Waals surface area contributed by atoms with Gasteiger partial charge in [0.1, 0.15) is 6.04 Å². The number of nitrogens with two attached hydrogens (primary N) is 1. The smallest absolute Gasteiger partial charge is 0.272 e. The quantitative estimate of drug-likeness (QED) is 0.510. The second kappa shape index (κ2) is 8.48. The highest BCUT2D eigenvalue weighted by Gasteiger charge is 2.25. The van der Waals surface area contributed by atoms with E-state index >= 15 is 0 Å². The standard InChI is InChI=1S/C12H20FN3O2/c1-4-6-8-10(12(18)16(3)13)15-11(17)9(14)7-5-2/h2,9-10H,4,6-8,14H2,1,3H3,(H,15,17)/t9-,10-/m0/s1. The minimum Gasteiger partial charge on any atom is -0.343 e. The van der Waals surface area contributed by atoms with E-state index in [-0.39, 0.29) is 11.5 Å². The molecule has 6 heteroatoms. The van der Waals surface area contributed by atoms with Crippen molar-refractivity contribution in [1.82, 2.24) is 10.4 Å². The molecule has 0 aliphatic rings. The molecule has 2 atom stereocenters. The number of halogens is 1. The molecular formula is C12H20FN3O2. The second-order valence-corrected chi connectivity index (χ2v) is 4.03. The fraction of sp³-hybridized carbons (Fsp3) is 0.667. The number of rotatable bonds is 7. The SMILES string of the molecule is C#CC[C@H](N)C(=O)N[C@@H](CCCC)C(=O)N(C)F. The van der Waals surface area contributed by atoms with Crippen molar-refractivity contribution in [2.24, 2.45) is 5.73 Å². The van der Waals surface area contributed by atoms with E-state index in [1.807, 2.05) is 6.92 Å². The molecule has 0 aromatic rings. The zero-order valence-corrected chi connectivity index (χ0v) is 10.8. The van der Waals surface area contributed by atoms with Gasteiger partial charge in [-0.25, -0.2) is 0 Å². The molecule has 0 radical (unpaired) electrons. The molecule has 18 heavy (non-hydrogen) atoms. The largest absolute Gasteiger partial charge is 0.343 e. The topological polar surface area (TPSA) is 75.4 Å². The average Bonchev–Trinajstić information content (AvgIpc) is 2.33. The molecule has 0 rings (SSSR count). The number of amides is 2. The minimum absolute atomic E-state index is 0.0344. The maximum Gasteiger partial charge on any atom is 0.272 e. The predicted octanol–water partition coefficient (Wildman–Crippen LogP) is 0.355. The Balaban J connectivity index is 4.54. The van der Waals surface area contributed by atoms with Crippen LogP contribution in [0.2, 0.25) is 0 Å². The molecule has 0 unspecified atom stereocenters. The zero-order chi connectivity index (χ0) is 14.1. The summed E-state index contributed by atoms with van der Waals surface area (Å²) in [6.45, 7) is 1.94. The molecule has 2 amide bonds. The molecule has 0 spiro atoms. The fourth-order valence-electron chi connectivity index (χ4n) is 1.38. The summed E-state index contributed by atoms with van der Waals surface area (Å²) in [5.74, 6) is 0.936. The summed E-state index contributed by atoms with van der Waals surface area (Å²) in [6, 6.07) is -1.77. The van der Waals surface area contributed by atoms with Crippen molar-refractivity contribution in [3.63, 3.8) is 0 Å².